The van der Waals surface area contributed by atoms with Gasteiger partial charge in [0.1, 0.15) is 5.54 Å². The van der Waals surface area contributed by atoms with E-state index in [1.165, 1.54) is 0 Å². The first-order chi connectivity index (χ1) is 8.35. The number of carboxylic acid groups (broad SMARTS) is 1. The predicted molar refractivity (Wildman–Crippen MR) is 70.8 cm³/mol. The molecule has 2 unspecified atom stereocenters. The number of hydrogen-bond donors (Lipinski definition) is 2. The van der Waals surface area contributed by atoms with Gasteiger partial charge in [0.25, 0.3) is 0 Å². The molecule has 0 saturated carbocycles. The van der Waals surface area contributed by atoms with Crippen molar-refractivity contribution in [1.29, 1.82) is 0 Å². The van der Waals surface area contributed by atoms with Gasteiger partial charge in [-0.15, -0.1) is 0 Å². The molecule has 1 heterocycles. The first-order valence-corrected chi connectivity index (χ1v) is 6.68. The van der Waals surface area contributed by atoms with E-state index >= 15 is 0 Å². The molecule has 2 N–H and O–H groups in total. The van der Waals surface area contributed by atoms with Gasteiger partial charge in [-0.1, -0.05) is 0 Å². The molecule has 1 aliphatic rings. The lowest BCUT2D eigenvalue weighted by Crippen LogP contribution is -2.55. The molecule has 2 atom stereocenters. The van der Waals surface area contributed by atoms with Gasteiger partial charge in [-0.05, 0) is 34.1 Å². The molecule has 5 heteroatoms. The standard InChI is InChI=1S/C13H26N2O3/c1-10(2)14-13(4,12(16)17)5-6-15-7-8-18-9-11(15)3/h10-11,14H,5-9H2,1-4H3,(H,16,17). The van der Waals surface area contributed by atoms with Crippen molar-refractivity contribution in [3.05, 3.63) is 0 Å². The highest BCUT2D eigenvalue weighted by atomic mass is 16.5. The fraction of sp³-hybridized carbons (Fsp3) is 0.923. The molecule has 0 radical (unpaired) electrons. The zero-order chi connectivity index (χ0) is 13.8. The van der Waals surface area contributed by atoms with Crippen LogP contribution in [0.4, 0.5) is 0 Å². The first kappa shape index (κ1) is 15.4. The monoisotopic (exact) mass is 258 g/mol. The highest BCUT2D eigenvalue weighted by Crippen LogP contribution is 2.15. The number of rotatable bonds is 6. The van der Waals surface area contributed by atoms with Gasteiger partial charge in [0.2, 0.25) is 0 Å². The molecular formula is C13H26N2O3. The summed E-state index contributed by atoms with van der Waals surface area (Å²) in [4.78, 5) is 13.7. The van der Waals surface area contributed by atoms with Gasteiger partial charge in [-0.2, -0.15) is 0 Å². The molecule has 1 aliphatic heterocycles. The zero-order valence-electron chi connectivity index (χ0n) is 11.9. The van der Waals surface area contributed by atoms with Crippen LogP contribution in [0.1, 0.15) is 34.1 Å². The van der Waals surface area contributed by atoms with Gasteiger partial charge < -0.3 is 9.84 Å². The third-order valence-electron chi connectivity index (χ3n) is 3.48. The summed E-state index contributed by atoms with van der Waals surface area (Å²) in [6.45, 7) is 11.0. The maximum atomic E-state index is 11.4. The van der Waals surface area contributed by atoms with Crippen molar-refractivity contribution in [3.63, 3.8) is 0 Å². The van der Waals surface area contributed by atoms with Gasteiger partial charge in [-0.3, -0.25) is 15.0 Å². The van der Waals surface area contributed by atoms with Crippen LogP contribution in [0, 0.1) is 0 Å². The quantitative estimate of drug-likeness (QED) is 0.742. The van der Waals surface area contributed by atoms with E-state index in [4.69, 9.17) is 4.74 Å². The second-order valence-corrected chi connectivity index (χ2v) is 5.65. The summed E-state index contributed by atoms with van der Waals surface area (Å²) in [5, 5.41) is 12.5. The summed E-state index contributed by atoms with van der Waals surface area (Å²) in [5.41, 5.74) is -0.855. The smallest absolute Gasteiger partial charge is 0.323 e. The molecule has 0 aromatic carbocycles. The Hall–Kier alpha value is -0.650. The molecule has 0 bridgehead atoms. The molecule has 1 rings (SSSR count). The number of morpholine rings is 1. The molecular weight excluding hydrogens is 232 g/mol. The van der Waals surface area contributed by atoms with Crippen LogP contribution < -0.4 is 5.32 Å². The number of aliphatic carboxylic acids is 1. The van der Waals surface area contributed by atoms with Crippen LogP contribution in [0.3, 0.4) is 0 Å². The maximum Gasteiger partial charge on any atom is 0.323 e. The number of ether oxygens (including phenoxy) is 1. The minimum atomic E-state index is -0.855. The number of nitrogens with one attached hydrogen (secondary N) is 1. The third kappa shape index (κ3) is 4.23. The van der Waals surface area contributed by atoms with Crippen molar-refractivity contribution in [2.45, 2.75) is 51.7 Å². The van der Waals surface area contributed by atoms with E-state index in [1.54, 1.807) is 6.92 Å². The molecule has 0 spiro atoms. The van der Waals surface area contributed by atoms with E-state index in [1.807, 2.05) is 13.8 Å². The Balaban J connectivity index is 2.53. The van der Waals surface area contributed by atoms with Gasteiger partial charge in [-0.25, -0.2) is 0 Å². The Morgan fingerprint density at radius 3 is 2.78 bits per heavy atom. The van der Waals surface area contributed by atoms with Crippen LogP contribution in [0.5, 0.6) is 0 Å². The van der Waals surface area contributed by atoms with Crippen molar-refractivity contribution in [3.8, 4) is 0 Å². The van der Waals surface area contributed by atoms with Crippen molar-refractivity contribution >= 4 is 5.97 Å². The summed E-state index contributed by atoms with van der Waals surface area (Å²) in [7, 11) is 0. The van der Waals surface area contributed by atoms with E-state index in [-0.39, 0.29) is 6.04 Å². The highest BCUT2D eigenvalue weighted by Gasteiger charge is 2.34. The topological polar surface area (TPSA) is 61.8 Å². The maximum absolute atomic E-state index is 11.4. The number of carbonyl (C=O) groups is 1. The Labute approximate surface area is 109 Å². The largest absolute Gasteiger partial charge is 0.480 e. The van der Waals surface area contributed by atoms with Gasteiger partial charge in [0.05, 0.1) is 13.2 Å². The van der Waals surface area contributed by atoms with E-state index in [0.717, 1.165) is 26.3 Å². The van der Waals surface area contributed by atoms with Gasteiger partial charge in [0, 0.05) is 25.2 Å². The average Bonchev–Trinajstić information content (AvgIpc) is 2.27. The van der Waals surface area contributed by atoms with Crippen LogP contribution in [-0.4, -0.2) is 59.9 Å². The van der Waals surface area contributed by atoms with Crippen LogP contribution in [0.15, 0.2) is 0 Å². The summed E-state index contributed by atoms with van der Waals surface area (Å²) >= 11 is 0. The van der Waals surface area contributed by atoms with Crippen LogP contribution in [0.25, 0.3) is 0 Å². The zero-order valence-corrected chi connectivity index (χ0v) is 11.9. The lowest BCUT2D eigenvalue weighted by molar-refractivity contribution is -0.145. The lowest BCUT2D eigenvalue weighted by atomic mass is 9.96. The SMILES string of the molecule is CC(C)NC(C)(CCN1CCOCC1C)C(=O)O. The van der Waals surface area contributed by atoms with Crippen molar-refractivity contribution < 1.29 is 14.6 Å². The molecule has 1 fully saturated rings. The minimum absolute atomic E-state index is 0.160. The van der Waals surface area contributed by atoms with E-state index in [9.17, 15) is 9.90 Å². The van der Waals surface area contributed by atoms with E-state index in [2.05, 4.69) is 17.1 Å². The number of hydrogen-bond acceptors (Lipinski definition) is 4. The van der Waals surface area contributed by atoms with Gasteiger partial charge in [0.15, 0.2) is 0 Å². The first-order valence-electron chi connectivity index (χ1n) is 6.68. The number of carboxylic acids is 1. The van der Waals surface area contributed by atoms with E-state index in [0.29, 0.717) is 12.5 Å². The molecule has 1 saturated heterocycles. The number of nitrogens with zero attached hydrogens (tertiary/aromatic N) is 1. The normalized spacial score (nSPS) is 25.1. The minimum Gasteiger partial charge on any atom is -0.480 e. The Bertz CT molecular complexity index is 283. The molecule has 5 nitrogen and oxygen atoms in total. The Morgan fingerprint density at radius 2 is 2.28 bits per heavy atom. The van der Waals surface area contributed by atoms with Crippen molar-refractivity contribution in [2.24, 2.45) is 0 Å². The molecule has 0 amide bonds. The second-order valence-electron chi connectivity index (χ2n) is 5.65. The lowest BCUT2D eigenvalue weighted by Gasteiger charge is -2.36. The van der Waals surface area contributed by atoms with Crippen molar-refractivity contribution in [1.82, 2.24) is 10.2 Å². The molecule has 0 aliphatic carbocycles. The Morgan fingerprint density at radius 1 is 1.61 bits per heavy atom. The summed E-state index contributed by atoms with van der Waals surface area (Å²) in [6.07, 6.45) is 0.602. The van der Waals surface area contributed by atoms with Crippen LogP contribution in [0.2, 0.25) is 0 Å². The fourth-order valence-electron chi connectivity index (χ4n) is 2.34. The molecule has 0 aromatic heterocycles. The summed E-state index contributed by atoms with van der Waals surface area (Å²) < 4.78 is 5.38. The molecule has 106 valence electrons. The molecule has 18 heavy (non-hydrogen) atoms. The van der Waals surface area contributed by atoms with Crippen molar-refractivity contribution in [2.75, 3.05) is 26.3 Å². The third-order valence-corrected chi connectivity index (χ3v) is 3.48. The highest BCUT2D eigenvalue weighted by molar-refractivity contribution is 5.78. The average molecular weight is 258 g/mol. The predicted octanol–water partition coefficient (Wildman–Crippen LogP) is 0.939. The van der Waals surface area contributed by atoms with E-state index < -0.39 is 11.5 Å². The summed E-state index contributed by atoms with van der Waals surface area (Å²) in [6, 6.07) is 0.532. The molecule has 0 aromatic rings. The fourth-order valence-corrected chi connectivity index (χ4v) is 2.34. The van der Waals surface area contributed by atoms with Crippen LogP contribution in [-0.2, 0) is 9.53 Å². The second kappa shape index (κ2) is 6.50. The Kier molecular flexibility index (Phi) is 5.56. The van der Waals surface area contributed by atoms with Crippen LogP contribution >= 0.6 is 0 Å². The van der Waals surface area contributed by atoms with Gasteiger partial charge >= 0.3 is 5.97 Å². The summed E-state index contributed by atoms with van der Waals surface area (Å²) in [5.74, 6) is -0.780.